The second kappa shape index (κ2) is 8.00. The Morgan fingerprint density at radius 2 is 1.73 bits per heavy atom. The van der Waals surface area contributed by atoms with Crippen LogP contribution >= 0.6 is 23.5 Å². The molecule has 0 spiro atoms. The van der Waals surface area contributed by atoms with Crippen LogP contribution in [0.3, 0.4) is 0 Å². The molecule has 0 saturated heterocycles. The van der Waals surface area contributed by atoms with Crippen molar-refractivity contribution in [3.8, 4) is 0 Å². The molecule has 0 amide bonds. The van der Waals surface area contributed by atoms with Crippen LogP contribution in [-0.4, -0.2) is 15.2 Å². The van der Waals surface area contributed by atoms with Gasteiger partial charge in [-0.2, -0.15) is 0 Å². The fraction of sp³-hybridized carbons (Fsp3) is 0.143. The molecule has 0 atom stereocenters. The number of aryl methyl sites for hydroxylation is 1. The number of thioether (sulfide) groups is 2. The topological polar surface area (TPSA) is 95.2 Å². The molecular weight excluding hydrogens is 422 g/mol. The molecule has 0 aliphatic carbocycles. The summed E-state index contributed by atoms with van der Waals surface area (Å²) >= 11 is 2.78. The average molecular weight is 438 g/mol. The molecule has 30 heavy (non-hydrogen) atoms. The standard InChI is InChI=1S/C21H15N3O4S2/c1-12-6-7-16-14(8-12)13(9-19(25)26-16)10-29-21-24-23-18(28-21)11-30-20-22-15-4-2-3-5-17(15)27-20/h2-9H,10-11H2,1H3. The molecule has 0 unspecified atom stereocenters. The number of para-hydroxylation sites is 2. The predicted molar refractivity (Wildman–Crippen MR) is 115 cm³/mol. The zero-order valence-electron chi connectivity index (χ0n) is 15.8. The van der Waals surface area contributed by atoms with Crippen molar-refractivity contribution in [1.82, 2.24) is 15.2 Å². The maximum Gasteiger partial charge on any atom is 0.336 e. The number of hydrogen-bond acceptors (Lipinski definition) is 9. The molecule has 5 aromatic rings. The van der Waals surface area contributed by atoms with Gasteiger partial charge in [0.15, 0.2) is 5.58 Å². The summed E-state index contributed by atoms with van der Waals surface area (Å²) in [7, 11) is 0. The Morgan fingerprint density at radius 3 is 2.63 bits per heavy atom. The van der Waals surface area contributed by atoms with Crippen LogP contribution in [0.1, 0.15) is 17.0 Å². The van der Waals surface area contributed by atoms with Gasteiger partial charge in [-0.05, 0) is 36.8 Å². The molecule has 150 valence electrons. The minimum Gasteiger partial charge on any atom is -0.431 e. The highest BCUT2D eigenvalue weighted by Gasteiger charge is 2.13. The van der Waals surface area contributed by atoms with E-state index in [9.17, 15) is 4.79 Å². The SMILES string of the molecule is Cc1ccc2oc(=O)cc(CSc3nnc(CSc4nc5ccccc5o4)o3)c2c1. The van der Waals surface area contributed by atoms with Crippen LogP contribution in [-0.2, 0) is 11.5 Å². The Balaban J connectivity index is 1.27. The fourth-order valence-electron chi connectivity index (χ4n) is 2.99. The lowest BCUT2D eigenvalue weighted by Crippen LogP contribution is -2.00. The summed E-state index contributed by atoms with van der Waals surface area (Å²) in [5, 5.41) is 10.1. The first-order valence-corrected chi connectivity index (χ1v) is 11.1. The minimum atomic E-state index is -0.372. The third-order valence-electron chi connectivity index (χ3n) is 4.38. The molecule has 0 aliphatic heterocycles. The summed E-state index contributed by atoms with van der Waals surface area (Å²) in [5.41, 5.74) is 3.73. The van der Waals surface area contributed by atoms with Crippen molar-refractivity contribution in [2.24, 2.45) is 0 Å². The van der Waals surface area contributed by atoms with Crippen LogP contribution in [0.25, 0.3) is 22.1 Å². The molecule has 0 radical (unpaired) electrons. The van der Waals surface area contributed by atoms with Gasteiger partial charge in [0.05, 0.1) is 5.75 Å². The van der Waals surface area contributed by atoms with Gasteiger partial charge in [0.1, 0.15) is 11.1 Å². The first kappa shape index (κ1) is 19.0. The van der Waals surface area contributed by atoms with Gasteiger partial charge in [-0.25, -0.2) is 9.78 Å². The van der Waals surface area contributed by atoms with Crippen molar-refractivity contribution in [3.63, 3.8) is 0 Å². The maximum absolute atomic E-state index is 11.8. The Labute approximate surface area is 178 Å². The molecule has 0 fully saturated rings. The first-order chi connectivity index (χ1) is 14.6. The number of rotatable bonds is 6. The van der Waals surface area contributed by atoms with Gasteiger partial charge in [0.2, 0.25) is 5.89 Å². The summed E-state index contributed by atoms with van der Waals surface area (Å²) < 4.78 is 16.7. The molecule has 9 heteroatoms. The molecule has 5 rings (SSSR count). The van der Waals surface area contributed by atoms with Crippen molar-refractivity contribution in [2.75, 3.05) is 0 Å². The second-order valence-electron chi connectivity index (χ2n) is 6.58. The molecule has 3 aromatic heterocycles. The second-order valence-corrected chi connectivity index (χ2v) is 8.43. The quantitative estimate of drug-likeness (QED) is 0.262. The predicted octanol–water partition coefficient (Wildman–Crippen LogP) is 5.21. The molecule has 2 aromatic carbocycles. The van der Waals surface area contributed by atoms with E-state index in [2.05, 4.69) is 15.2 Å². The van der Waals surface area contributed by atoms with Gasteiger partial charge in [0.25, 0.3) is 10.4 Å². The lowest BCUT2D eigenvalue weighted by Gasteiger charge is -2.04. The molecule has 7 nitrogen and oxygen atoms in total. The van der Waals surface area contributed by atoms with E-state index in [1.165, 1.54) is 29.6 Å². The zero-order chi connectivity index (χ0) is 20.5. The number of oxazole rings is 1. The van der Waals surface area contributed by atoms with Gasteiger partial charge in [-0.3, -0.25) is 0 Å². The molecule has 0 bridgehead atoms. The van der Waals surface area contributed by atoms with Crippen molar-refractivity contribution in [1.29, 1.82) is 0 Å². The lowest BCUT2D eigenvalue weighted by molar-refractivity contribution is 0.425. The van der Waals surface area contributed by atoms with Crippen molar-refractivity contribution in [3.05, 3.63) is 76.0 Å². The summed E-state index contributed by atoms with van der Waals surface area (Å²) in [5.74, 6) is 1.46. The number of fused-ring (bicyclic) bond motifs is 2. The average Bonchev–Trinajstić information content (AvgIpc) is 3.37. The lowest BCUT2D eigenvalue weighted by atomic mass is 10.1. The van der Waals surface area contributed by atoms with Crippen molar-refractivity contribution < 1.29 is 13.3 Å². The third-order valence-corrected chi connectivity index (χ3v) is 6.06. The summed E-state index contributed by atoms with van der Waals surface area (Å²) in [6.07, 6.45) is 0. The molecule has 0 saturated carbocycles. The van der Waals surface area contributed by atoms with Crippen LogP contribution in [0.2, 0.25) is 0 Å². The Hall–Kier alpha value is -3.04. The van der Waals surface area contributed by atoms with E-state index in [1.54, 1.807) is 0 Å². The highest BCUT2D eigenvalue weighted by atomic mass is 32.2. The van der Waals surface area contributed by atoms with E-state index in [4.69, 9.17) is 13.3 Å². The number of hydrogen-bond donors (Lipinski definition) is 0. The third kappa shape index (κ3) is 3.99. The van der Waals surface area contributed by atoms with Gasteiger partial charge in [-0.1, -0.05) is 47.3 Å². The highest BCUT2D eigenvalue weighted by molar-refractivity contribution is 7.98. The smallest absolute Gasteiger partial charge is 0.336 e. The van der Waals surface area contributed by atoms with E-state index in [-0.39, 0.29) is 5.63 Å². The molecular formula is C21H15N3O4S2. The number of aromatic nitrogens is 3. The monoisotopic (exact) mass is 437 g/mol. The molecule has 0 aliphatic rings. The zero-order valence-corrected chi connectivity index (χ0v) is 17.5. The van der Waals surface area contributed by atoms with E-state index in [1.807, 2.05) is 49.4 Å². The van der Waals surface area contributed by atoms with Gasteiger partial charge >= 0.3 is 5.63 Å². The van der Waals surface area contributed by atoms with Crippen LogP contribution < -0.4 is 5.63 Å². The van der Waals surface area contributed by atoms with Crippen LogP contribution in [0.15, 0.2) is 77.0 Å². The van der Waals surface area contributed by atoms with E-state index >= 15 is 0 Å². The van der Waals surface area contributed by atoms with E-state index < -0.39 is 0 Å². The Morgan fingerprint density at radius 1 is 0.867 bits per heavy atom. The Kier molecular flexibility index (Phi) is 5.06. The normalized spacial score (nSPS) is 11.5. The van der Waals surface area contributed by atoms with Crippen molar-refractivity contribution in [2.45, 2.75) is 28.9 Å². The first-order valence-electron chi connectivity index (χ1n) is 9.11. The molecule has 0 N–H and O–H groups in total. The summed E-state index contributed by atoms with van der Waals surface area (Å²) in [4.78, 5) is 16.3. The van der Waals surface area contributed by atoms with Gasteiger partial charge < -0.3 is 13.3 Å². The highest BCUT2D eigenvalue weighted by Crippen LogP contribution is 2.29. The minimum absolute atomic E-state index is 0.372. The van der Waals surface area contributed by atoms with E-state index in [0.29, 0.717) is 33.4 Å². The summed E-state index contributed by atoms with van der Waals surface area (Å²) in [6, 6.07) is 14.9. The van der Waals surface area contributed by atoms with Crippen molar-refractivity contribution >= 4 is 45.6 Å². The largest absolute Gasteiger partial charge is 0.431 e. The summed E-state index contributed by atoms with van der Waals surface area (Å²) in [6.45, 7) is 2.00. The molecule has 3 heterocycles. The van der Waals surface area contributed by atoms with Crippen LogP contribution in [0, 0.1) is 6.92 Å². The van der Waals surface area contributed by atoms with Gasteiger partial charge in [-0.15, -0.1) is 10.2 Å². The maximum atomic E-state index is 11.8. The van der Waals surface area contributed by atoms with Gasteiger partial charge in [0, 0.05) is 17.2 Å². The fourth-order valence-corrected chi connectivity index (χ4v) is 4.44. The number of benzene rings is 2. The van der Waals surface area contributed by atoms with E-state index in [0.717, 1.165) is 27.6 Å². The Bertz CT molecular complexity index is 1370. The number of nitrogens with zero attached hydrogens (tertiary/aromatic N) is 3. The van der Waals surface area contributed by atoms with Crippen LogP contribution in [0.5, 0.6) is 0 Å². The van der Waals surface area contributed by atoms with Crippen LogP contribution in [0.4, 0.5) is 0 Å².